The maximum atomic E-state index is 12.8. The average molecular weight is 687 g/mol. The summed E-state index contributed by atoms with van der Waals surface area (Å²) in [6, 6.07) is 24.1. The summed E-state index contributed by atoms with van der Waals surface area (Å²) in [7, 11) is -1.18. The third kappa shape index (κ3) is 7.76. The lowest BCUT2D eigenvalue weighted by molar-refractivity contribution is 0.0954. The molecule has 4 aromatic rings. The van der Waals surface area contributed by atoms with E-state index in [0.717, 1.165) is 11.1 Å². The first-order valence-corrected chi connectivity index (χ1v) is 14.8. The lowest BCUT2D eigenvalue weighted by Gasteiger charge is -2.13. The van der Waals surface area contributed by atoms with Crippen LogP contribution in [0, 0.1) is 10.5 Å². The van der Waals surface area contributed by atoms with Gasteiger partial charge in [-0.25, -0.2) is 5.43 Å². The zero-order valence-electron chi connectivity index (χ0n) is 22.5. The lowest BCUT2D eigenvalue weighted by atomic mass is 10.2. The summed E-state index contributed by atoms with van der Waals surface area (Å²) in [5, 5.41) is 4.03. The van der Waals surface area contributed by atoms with Crippen LogP contribution < -0.4 is 23.8 Å². The van der Waals surface area contributed by atoms with Crippen LogP contribution in [0.2, 0.25) is 0 Å². The number of hydrogen-bond donors (Lipinski definition) is 1. The van der Waals surface area contributed by atoms with E-state index in [4.69, 9.17) is 18.4 Å². The first-order valence-electron chi connectivity index (χ1n) is 12.3. The highest BCUT2D eigenvalue weighted by Crippen LogP contribution is 2.36. The molecule has 0 unspecified atom stereocenters. The van der Waals surface area contributed by atoms with Gasteiger partial charge in [0.15, 0.2) is 23.0 Å². The molecule has 0 spiro atoms. The van der Waals surface area contributed by atoms with E-state index in [0.29, 0.717) is 32.8 Å². The highest BCUT2D eigenvalue weighted by Gasteiger charge is 2.22. The molecule has 0 fully saturated rings. The molecule has 0 atom stereocenters. The summed E-state index contributed by atoms with van der Waals surface area (Å²) in [4.78, 5) is 12.7. The Morgan fingerprint density at radius 3 is 2.29 bits per heavy atom. The minimum atomic E-state index is -4.08. The van der Waals surface area contributed by atoms with E-state index >= 15 is 0 Å². The van der Waals surface area contributed by atoms with Crippen molar-refractivity contribution in [2.75, 3.05) is 14.2 Å². The third-order valence-electron chi connectivity index (χ3n) is 5.80. The second-order valence-corrected chi connectivity index (χ2v) is 11.4. The fourth-order valence-electron chi connectivity index (χ4n) is 3.65. The maximum absolute atomic E-state index is 12.8. The summed E-state index contributed by atoms with van der Waals surface area (Å²) in [6.45, 7) is 2.22. The Bertz CT molecular complexity index is 1660. The normalized spacial score (nSPS) is 11.2. The number of rotatable bonds is 11. The second kappa shape index (κ2) is 13.5. The minimum Gasteiger partial charge on any atom is -0.493 e. The molecule has 11 heteroatoms. The molecule has 0 radical (unpaired) electrons. The van der Waals surface area contributed by atoms with Crippen molar-refractivity contribution in [3.05, 3.63) is 111 Å². The highest BCUT2D eigenvalue weighted by molar-refractivity contribution is 14.1. The molecule has 9 nitrogen and oxygen atoms in total. The first-order chi connectivity index (χ1) is 19.7. The van der Waals surface area contributed by atoms with Crippen molar-refractivity contribution in [2.24, 2.45) is 5.10 Å². The summed E-state index contributed by atoms with van der Waals surface area (Å²) in [6.07, 6.45) is 1.41. The van der Waals surface area contributed by atoms with Crippen LogP contribution in [0.15, 0.2) is 94.9 Å². The molecule has 0 heterocycles. The third-order valence-corrected chi connectivity index (χ3v) is 7.83. The van der Waals surface area contributed by atoms with Crippen LogP contribution in [-0.2, 0) is 16.7 Å². The fourth-order valence-corrected chi connectivity index (χ4v) is 5.49. The van der Waals surface area contributed by atoms with Gasteiger partial charge in [-0.3, -0.25) is 4.79 Å². The number of benzene rings is 4. The Labute approximate surface area is 252 Å². The van der Waals surface area contributed by atoms with Gasteiger partial charge in [0.25, 0.3) is 5.91 Å². The van der Waals surface area contributed by atoms with Crippen LogP contribution in [0.1, 0.15) is 27.0 Å². The van der Waals surface area contributed by atoms with Gasteiger partial charge in [-0.05, 0) is 83.1 Å². The number of halogens is 1. The lowest BCUT2D eigenvalue weighted by Crippen LogP contribution is -2.17. The van der Waals surface area contributed by atoms with Gasteiger partial charge in [0.2, 0.25) is 0 Å². The summed E-state index contributed by atoms with van der Waals surface area (Å²) < 4.78 is 48.1. The second-order valence-electron chi connectivity index (χ2n) is 8.72. The molecular formula is C30H27IN2O7S. The molecule has 1 N–H and O–H groups in total. The van der Waals surface area contributed by atoms with E-state index in [1.165, 1.54) is 32.6 Å². The SMILES string of the molecule is COc1cc(C(=O)N/N=C/c2cc(I)c(OS(=O)(=O)c3ccc(C)cc3)c(OC)c2)ccc1OCc1ccccc1. The van der Waals surface area contributed by atoms with Crippen molar-refractivity contribution >= 4 is 44.8 Å². The molecule has 0 saturated carbocycles. The average Bonchev–Trinajstić information content (AvgIpc) is 2.97. The van der Waals surface area contributed by atoms with Crippen molar-refractivity contribution in [3.63, 3.8) is 0 Å². The predicted octanol–water partition coefficient (Wildman–Crippen LogP) is 5.73. The van der Waals surface area contributed by atoms with Gasteiger partial charge < -0.3 is 18.4 Å². The summed E-state index contributed by atoms with van der Waals surface area (Å²) >= 11 is 1.95. The molecule has 0 aliphatic heterocycles. The molecule has 212 valence electrons. The maximum Gasteiger partial charge on any atom is 0.339 e. The molecule has 1 amide bonds. The van der Waals surface area contributed by atoms with Gasteiger partial charge in [0.05, 0.1) is 24.0 Å². The van der Waals surface area contributed by atoms with E-state index in [1.54, 1.807) is 42.5 Å². The summed E-state index contributed by atoms with van der Waals surface area (Å²) in [5.41, 5.74) is 5.28. The van der Waals surface area contributed by atoms with E-state index < -0.39 is 16.0 Å². The van der Waals surface area contributed by atoms with E-state index in [-0.39, 0.29) is 16.4 Å². The van der Waals surface area contributed by atoms with Gasteiger partial charge >= 0.3 is 10.1 Å². The Morgan fingerprint density at radius 1 is 0.902 bits per heavy atom. The van der Waals surface area contributed by atoms with Crippen LogP contribution >= 0.6 is 22.6 Å². The number of hydrazone groups is 1. The van der Waals surface area contributed by atoms with Crippen molar-refractivity contribution in [1.82, 2.24) is 5.43 Å². The van der Waals surface area contributed by atoms with E-state index in [1.807, 2.05) is 59.8 Å². The molecule has 0 bridgehead atoms. The predicted molar refractivity (Wildman–Crippen MR) is 164 cm³/mol. The number of aryl methyl sites for hydroxylation is 1. The largest absolute Gasteiger partial charge is 0.493 e. The monoisotopic (exact) mass is 686 g/mol. The first kappa shape index (κ1) is 29.9. The molecular weight excluding hydrogens is 659 g/mol. The Hall–Kier alpha value is -4.10. The molecule has 4 aromatic carbocycles. The van der Waals surface area contributed by atoms with Crippen LogP contribution in [0.3, 0.4) is 0 Å². The van der Waals surface area contributed by atoms with Gasteiger partial charge in [-0.2, -0.15) is 13.5 Å². The number of carbonyl (C=O) groups excluding carboxylic acids is 1. The van der Waals surface area contributed by atoms with E-state index in [2.05, 4.69) is 10.5 Å². The number of methoxy groups -OCH3 is 2. The Balaban J connectivity index is 1.44. The van der Waals surface area contributed by atoms with Crippen LogP contribution in [-0.4, -0.2) is 34.8 Å². The quantitative estimate of drug-likeness (QED) is 0.0929. The van der Waals surface area contributed by atoms with Gasteiger partial charge in [-0.1, -0.05) is 48.0 Å². The highest BCUT2D eigenvalue weighted by atomic mass is 127. The zero-order valence-corrected chi connectivity index (χ0v) is 25.4. The van der Waals surface area contributed by atoms with Crippen molar-refractivity contribution in [1.29, 1.82) is 0 Å². The van der Waals surface area contributed by atoms with Crippen molar-refractivity contribution in [2.45, 2.75) is 18.4 Å². The Morgan fingerprint density at radius 2 is 1.61 bits per heavy atom. The topological polar surface area (TPSA) is 113 Å². The summed E-state index contributed by atoms with van der Waals surface area (Å²) in [5.74, 6) is 0.700. The fraction of sp³-hybridized carbons (Fsp3) is 0.133. The van der Waals surface area contributed by atoms with Crippen molar-refractivity contribution < 1.29 is 31.6 Å². The number of hydrogen-bond acceptors (Lipinski definition) is 8. The number of amides is 1. The molecule has 0 saturated heterocycles. The number of carbonyl (C=O) groups is 1. The van der Waals surface area contributed by atoms with Crippen molar-refractivity contribution in [3.8, 4) is 23.0 Å². The molecule has 0 aliphatic rings. The van der Waals surface area contributed by atoms with Gasteiger partial charge in [-0.15, -0.1) is 0 Å². The van der Waals surface area contributed by atoms with Gasteiger partial charge in [0.1, 0.15) is 11.5 Å². The molecule has 4 rings (SSSR count). The minimum absolute atomic E-state index is 0.0294. The smallest absolute Gasteiger partial charge is 0.339 e. The van der Waals surface area contributed by atoms with Gasteiger partial charge in [0, 0.05) is 5.56 Å². The Kier molecular flexibility index (Phi) is 9.84. The van der Waals surface area contributed by atoms with Crippen LogP contribution in [0.4, 0.5) is 0 Å². The number of nitrogens with one attached hydrogen (secondary N) is 1. The molecule has 0 aliphatic carbocycles. The molecule has 41 heavy (non-hydrogen) atoms. The van der Waals surface area contributed by atoms with E-state index in [9.17, 15) is 13.2 Å². The van der Waals surface area contributed by atoms with Crippen LogP contribution in [0.5, 0.6) is 23.0 Å². The molecule has 0 aromatic heterocycles. The standard InChI is InChI=1S/C30H27IN2O7S/c1-20-9-12-24(13-10-20)41(35,36)40-29-25(31)15-22(16-28(29)38-3)18-32-33-30(34)23-11-14-26(27(17-23)37-2)39-19-21-7-5-4-6-8-21/h4-18H,19H2,1-3H3,(H,33,34)/b32-18+. The number of nitrogens with zero attached hydrogens (tertiary/aromatic N) is 1. The number of ether oxygens (including phenoxy) is 3. The zero-order chi connectivity index (χ0) is 29.4. The van der Waals surface area contributed by atoms with Crippen LogP contribution in [0.25, 0.3) is 0 Å².